The molecular formula is C17H15N5O3S. The summed E-state index contributed by atoms with van der Waals surface area (Å²) in [7, 11) is 0. The number of hydrogen-bond donors (Lipinski definition) is 1. The lowest BCUT2D eigenvalue weighted by atomic mass is 10.2. The maximum atomic E-state index is 12.4. The van der Waals surface area contributed by atoms with Crippen molar-refractivity contribution in [3.8, 4) is 0 Å². The summed E-state index contributed by atoms with van der Waals surface area (Å²) in [5.41, 5.74) is 1.63. The molecule has 3 heterocycles. The van der Waals surface area contributed by atoms with Gasteiger partial charge in [-0.2, -0.15) is 0 Å². The summed E-state index contributed by atoms with van der Waals surface area (Å²) < 4.78 is 0. The van der Waals surface area contributed by atoms with Crippen LogP contribution in [0.4, 0.5) is 4.79 Å². The van der Waals surface area contributed by atoms with Crippen molar-refractivity contribution in [2.24, 2.45) is 0 Å². The molecule has 0 aromatic carbocycles. The number of carbonyl (C=O) groups excluding carboxylic acids is 3. The van der Waals surface area contributed by atoms with Crippen LogP contribution in [0.2, 0.25) is 0 Å². The monoisotopic (exact) mass is 369 g/mol. The van der Waals surface area contributed by atoms with Crippen molar-refractivity contribution in [1.82, 2.24) is 25.2 Å². The molecule has 0 radical (unpaired) electrons. The number of hydrogen-bond acceptors (Lipinski definition) is 7. The third-order valence-electron chi connectivity index (χ3n) is 3.49. The van der Waals surface area contributed by atoms with Gasteiger partial charge in [-0.3, -0.25) is 29.3 Å². The summed E-state index contributed by atoms with van der Waals surface area (Å²) in [5.74, 6) is -0.788. The number of aryl methyl sites for hydroxylation is 1. The minimum absolute atomic E-state index is 0.0834. The number of amides is 3. The Kier molecular flexibility index (Phi) is 5.37. The molecule has 9 heteroatoms. The quantitative estimate of drug-likeness (QED) is 0.799. The molecule has 0 spiro atoms. The molecular weight excluding hydrogens is 354 g/mol. The van der Waals surface area contributed by atoms with Crippen LogP contribution in [0.3, 0.4) is 0 Å². The van der Waals surface area contributed by atoms with Gasteiger partial charge in [0.05, 0.1) is 16.8 Å². The second-order valence-corrected chi connectivity index (χ2v) is 6.41. The van der Waals surface area contributed by atoms with E-state index < -0.39 is 5.91 Å². The lowest BCUT2D eigenvalue weighted by Gasteiger charge is -2.12. The minimum atomic E-state index is -0.407. The van der Waals surface area contributed by atoms with Crippen LogP contribution in [-0.4, -0.2) is 50.0 Å². The maximum Gasteiger partial charge on any atom is 0.293 e. The zero-order chi connectivity index (χ0) is 18.5. The number of nitrogens with zero attached hydrogens (tertiary/aromatic N) is 4. The highest BCUT2D eigenvalue weighted by atomic mass is 32.2. The molecule has 3 rings (SSSR count). The second-order valence-electron chi connectivity index (χ2n) is 5.42. The van der Waals surface area contributed by atoms with Gasteiger partial charge in [-0.1, -0.05) is 6.07 Å². The van der Waals surface area contributed by atoms with E-state index in [1.54, 1.807) is 37.5 Å². The summed E-state index contributed by atoms with van der Waals surface area (Å²) >= 11 is 0.869. The molecule has 2 aromatic rings. The summed E-state index contributed by atoms with van der Waals surface area (Å²) in [6, 6.07) is 3.55. The molecule has 3 amide bonds. The predicted molar refractivity (Wildman–Crippen MR) is 96.0 cm³/mol. The van der Waals surface area contributed by atoms with E-state index in [-0.39, 0.29) is 29.9 Å². The van der Waals surface area contributed by atoms with Gasteiger partial charge in [0, 0.05) is 31.7 Å². The van der Waals surface area contributed by atoms with Gasteiger partial charge in [0.2, 0.25) is 0 Å². The first-order valence-corrected chi connectivity index (χ1v) is 8.58. The van der Waals surface area contributed by atoms with Crippen molar-refractivity contribution in [2.75, 3.05) is 13.1 Å². The zero-order valence-electron chi connectivity index (χ0n) is 13.9. The molecule has 0 atom stereocenters. The van der Waals surface area contributed by atoms with E-state index in [1.807, 2.05) is 0 Å². The van der Waals surface area contributed by atoms with Crippen LogP contribution >= 0.6 is 11.8 Å². The molecule has 0 saturated carbocycles. The standard InChI is InChI=1S/C17H15N5O3S/c1-11-8-21-13(10-20-11)15(23)19-5-6-22-16(24)14(26-17(22)25)7-12-3-2-4-18-9-12/h2-4,7-10H,5-6H2,1H3,(H,19,23)/b14-7+. The van der Waals surface area contributed by atoms with E-state index >= 15 is 0 Å². The summed E-state index contributed by atoms with van der Waals surface area (Å²) in [6.45, 7) is 1.99. The summed E-state index contributed by atoms with van der Waals surface area (Å²) in [5, 5.41) is 2.26. The van der Waals surface area contributed by atoms with E-state index in [4.69, 9.17) is 0 Å². The number of aromatic nitrogens is 3. The normalized spacial score (nSPS) is 15.6. The van der Waals surface area contributed by atoms with Gasteiger partial charge in [-0.05, 0) is 36.4 Å². The molecule has 2 aromatic heterocycles. The third-order valence-corrected chi connectivity index (χ3v) is 4.40. The van der Waals surface area contributed by atoms with Gasteiger partial charge < -0.3 is 5.32 Å². The Hall–Kier alpha value is -3.07. The summed E-state index contributed by atoms with van der Waals surface area (Å²) in [4.78, 5) is 49.8. The lowest BCUT2D eigenvalue weighted by molar-refractivity contribution is -0.122. The molecule has 1 aliphatic heterocycles. The van der Waals surface area contributed by atoms with Crippen LogP contribution in [0.25, 0.3) is 6.08 Å². The maximum absolute atomic E-state index is 12.4. The highest BCUT2D eigenvalue weighted by Crippen LogP contribution is 2.31. The molecule has 1 aliphatic rings. The number of carbonyl (C=O) groups is 3. The van der Waals surface area contributed by atoms with Crippen molar-refractivity contribution in [3.05, 3.63) is 58.8 Å². The van der Waals surface area contributed by atoms with Crippen LogP contribution in [0.5, 0.6) is 0 Å². The highest BCUT2D eigenvalue weighted by molar-refractivity contribution is 8.18. The molecule has 1 fully saturated rings. The van der Waals surface area contributed by atoms with Crippen LogP contribution in [-0.2, 0) is 4.79 Å². The second kappa shape index (κ2) is 7.87. The molecule has 0 bridgehead atoms. The van der Waals surface area contributed by atoms with Crippen molar-refractivity contribution < 1.29 is 14.4 Å². The fraction of sp³-hybridized carbons (Fsp3) is 0.176. The topological polar surface area (TPSA) is 105 Å². The van der Waals surface area contributed by atoms with E-state index in [2.05, 4.69) is 20.3 Å². The largest absolute Gasteiger partial charge is 0.349 e. The Morgan fingerprint density at radius 1 is 1.27 bits per heavy atom. The smallest absolute Gasteiger partial charge is 0.293 e. The number of imide groups is 1. The van der Waals surface area contributed by atoms with Gasteiger partial charge >= 0.3 is 0 Å². The first-order chi connectivity index (χ1) is 12.5. The van der Waals surface area contributed by atoms with Crippen LogP contribution in [0.15, 0.2) is 41.8 Å². The van der Waals surface area contributed by atoms with E-state index in [0.29, 0.717) is 10.6 Å². The van der Waals surface area contributed by atoms with Crippen molar-refractivity contribution in [3.63, 3.8) is 0 Å². The Morgan fingerprint density at radius 3 is 2.81 bits per heavy atom. The SMILES string of the molecule is Cc1cnc(C(=O)NCCN2C(=O)S/C(=C/c3cccnc3)C2=O)cn1. The lowest BCUT2D eigenvalue weighted by Crippen LogP contribution is -2.37. The number of thioether (sulfide) groups is 1. The van der Waals surface area contributed by atoms with Crippen LogP contribution < -0.4 is 5.32 Å². The van der Waals surface area contributed by atoms with E-state index in [9.17, 15) is 14.4 Å². The molecule has 132 valence electrons. The van der Waals surface area contributed by atoms with Crippen molar-refractivity contribution in [2.45, 2.75) is 6.92 Å². The number of nitrogens with one attached hydrogen (secondary N) is 1. The Morgan fingerprint density at radius 2 is 2.12 bits per heavy atom. The highest BCUT2D eigenvalue weighted by Gasteiger charge is 2.34. The van der Waals surface area contributed by atoms with Gasteiger partial charge in [-0.25, -0.2) is 4.98 Å². The average Bonchev–Trinajstić information content (AvgIpc) is 2.90. The first-order valence-electron chi connectivity index (χ1n) is 7.77. The molecule has 8 nitrogen and oxygen atoms in total. The zero-order valence-corrected chi connectivity index (χ0v) is 14.7. The molecule has 0 aliphatic carbocycles. The Balaban J connectivity index is 1.57. The van der Waals surface area contributed by atoms with Crippen molar-refractivity contribution >= 4 is 34.9 Å². The Bertz CT molecular complexity index is 868. The van der Waals surface area contributed by atoms with Gasteiger partial charge in [0.15, 0.2) is 0 Å². The number of pyridine rings is 1. The minimum Gasteiger partial charge on any atom is -0.349 e. The molecule has 1 N–H and O–H groups in total. The van der Waals surface area contributed by atoms with Gasteiger partial charge in [-0.15, -0.1) is 0 Å². The third kappa shape index (κ3) is 4.12. The summed E-state index contributed by atoms with van der Waals surface area (Å²) in [6.07, 6.45) is 7.73. The molecule has 26 heavy (non-hydrogen) atoms. The fourth-order valence-corrected chi connectivity index (χ4v) is 3.05. The predicted octanol–water partition coefficient (Wildman–Crippen LogP) is 1.65. The molecule has 1 saturated heterocycles. The fourth-order valence-electron chi connectivity index (χ4n) is 2.19. The van der Waals surface area contributed by atoms with Crippen LogP contribution in [0, 0.1) is 6.92 Å². The first kappa shape index (κ1) is 17.7. The van der Waals surface area contributed by atoms with E-state index in [0.717, 1.165) is 22.2 Å². The Labute approximate surface area is 153 Å². The van der Waals surface area contributed by atoms with Crippen LogP contribution in [0.1, 0.15) is 21.7 Å². The van der Waals surface area contributed by atoms with E-state index in [1.165, 1.54) is 12.4 Å². The van der Waals surface area contributed by atoms with Crippen molar-refractivity contribution in [1.29, 1.82) is 0 Å². The number of rotatable bonds is 5. The average molecular weight is 369 g/mol. The van der Waals surface area contributed by atoms with Gasteiger partial charge in [0.25, 0.3) is 17.1 Å². The van der Waals surface area contributed by atoms with Gasteiger partial charge in [0.1, 0.15) is 5.69 Å². The molecule has 0 unspecified atom stereocenters.